The van der Waals surface area contributed by atoms with E-state index in [2.05, 4.69) is 16.1 Å². The molecule has 1 aliphatic heterocycles. The zero-order valence-corrected chi connectivity index (χ0v) is 11.2. The lowest BCUT2D eigenvalue weighted by molar-refractivity contribution is 0.274. The van der Waals surface area contributed by atoms with Crippen molar-refractivity contribution in [1.82, 2.24) is 14.3 Å². The minimum absolute atomic E-state index is 0.724. The van der Waals surface area contributed by atoms with Gasteiger partial charge in [0.2, 0.25) is 0 Å². The van der Waals surface area contributed by atoms with Crippen molar-refractivity contribution in [3.63, 3.8) is 0 Å². The van der Waals surface area contributed by atoms with Gasteiger partial charge in [0.15, 0.2) is 0 Å². The number of pyridine rings is 1. The summed E-state index contributed by atoms with van der Waals surface area (Å²) in [6.07, 6.45) is 7.42. The second-order valence-corrected chi connectivity index (χ2v) is 5.39. The van der Waals surface area contributed by atoms with E-state index in [9.17, 15) is 0 Å². The van der Waals surface area contributed by atoms with E-state index in [1.807, 2.05) is 22.6 Å². The third-order valence-electron chi connectivity index (χ3n) is 3.58. The molecule has 18 heavy (non-hydrogen) atoms. The van der Waals surface area contributed by atoms with Gasteiger partial charge in [-0.1, -0.05) is 30.5 Å². The van der Waals surface area contributed by atoms with E-state index in [1.54, 1.807) is 0 Å². The van der Waals surface area contributed by atoms with E-state index in [0.717, 1.165) is 23.0 Å². The Morgan fingerprint density at radius 1 is 1.11 bits per heavy atom. The fourth-order valence-electron chi connectivity index (χ4n) is 2.63. The number of likely N-dealkylation sites (tertiary alicyclic amines) is 1. The van der Waals surface area contributed by atoms with Crippen LogP contribution in [0.4, 0.5) is 0 Å². The molecule has 1 fully saturated rings. The lowest BCUT2D eigenvalue weighted by Crippen LogP contribution is -2.24. The summed E-state index contributed by atoms with van der Waals surface area (Å²) in [6, 6.07) is 5.84. The van der Waals surface area contributed by atoms with Gasteiger partial charge in [-0.15, -0.1) is 0 Å². The second-order valence-electron chi connectivity index (χ2n) is 5.00. The number of rotatable bonds is 2. The predicted octanol–water partition coefficient (Wildman–Crippen LogP) is 3.36. The normalized spacial score (nSPS) is 18.1. The van der Waals surface area contributed by atoms with Gasteiger partial charge in [0.25, 0.3) is 0 Å². The molecular formula is C14H18ClN3. The number of imidazole rings is 1. The molecule has 0 aliphatic carbocycles. The molecule has 0 unspecified atom stereocenters. The summed E-state index contributed by atoms with van der Waals surface area (Å²) >= 11 is 6.15. The highest BCUT2D eigenvalue weighted by Crippen LogP contribution is 2.16. The molecule has 3 nitrogen and oxygen atoms in total. The lowest BCUT2D eigenvalue weighted by atomic mass is 10.2. The number of hydrogen-bond acceptors (Lipinski definition) is 2. The maximum absolute atomic E-state index is 6.15. The van der Waals surface area contributed by atoms with E-state index in [-0.39, 0.29) is 0 Å². The third-order valence-corrected chi connectivity index (χ3v) is 3.88. The van der Waals surface area contributed by atoms with Crippen molar-refractivity contribution in [3.8, 4) is 0 Å². The van der Waals surface area contributed by atoms with Gasteiger partial charge in [0.1, 0.15) is 10.8 Å². The van der Waals surface area contributed by atoms with E-state index in [4.69, 9.17) is 11.6 Å². The molecule has 0 N–H and O–H groups in total. The maximum Gasteiger partial charge on any atom is 0.138 e. The summed E-state index contributed by atoms with van der Waals surface area (Å²) in [6.45, 7) is 3.33. The summed E-state index contributed by atoms with van der Waals surface area (Å²) in [5.41, 5.74) is 2.05. The third kappa shape index (κ3) is 2.52. The first kappa shape index (κ1) is 12.0. The Morgan fingerprint density at radius 3 is 2.61 bits per heavy atom. The van der Waals surface area contributed by atoms with Gasteiger partial charge in [-0.2, -0.15) is 0 Å². The van der Waals surface area contributed by atoms with Crippen LogP contribution in [0.1, 0.15) is 31.4 Å². The maximum atomic E-state index is 6.15. The van der Waals surface area contributed by atoms with Gasteiger partial charge < -0.3 is 0 Å². The van der Waals surface area contributed by atoms with Gasteiger partial charge in [0.05, 0.1) is 5.69 Å². The molecule has 0 aromatic carbocycles. The molecule has 0 amide bonds. The van der Waals surface area contributed by atoms with Crippen molar-refractivity contribution < 1.29 is 0 Å². The highest BCUT2D eigenvalue weighted by Gasteiger charge is 2.11. The molecule has 1 aliphatic rings. The summed E-state index contributed by atoms with van der Waals surface area (Å²) in [7, 11) is 0. The fourth-order valence-corrected chi connectivity index (χ4v) is 2.84. The zero-order chi connectivity index (χ0) is 12.4. The number of fused-ring (bicyclic) bond motifs is 1. The van der Waals surface area contributed by atoms with Crippen LogP contribution in [-0.2, 0) is 6.54 Å². The molecule has 0 radical (unpaired) electrons. The SMILES string of the molecule is Clc1cccc2nc(CN3CCCCCC3)cn12. The standard InChI is InChI=1S/C14H18ClN3/c15-13-6-5-7-14-16-12(11-18(13)14)10-17-8-3-1-2-4-9-17/h5-7,11H,1-4,8-10H2. The van der Waals surface area contributed by atoms with Crippen molar-refractivity contribution in [1.29, 1.82) is 0 Å². The van der Waals surface area contributed by atoms with Crippen molar-refractivity contribution in [3.05, 3.63) is 35.2 Å². The minimum atomic E-state index is 0.724. The van der Waals surface area contributed by atoms with Crippen LogP contribution in [0.3, 0.4) is 0 Å². The zero-order valence-electron chi connectivity index (χ0n) is 10.5. The number of hydrogen-bond donors (Lipinski definition) is 0. The van der Waals surface area contributed by atoms with Crippen molar-refractivity contribution in [2.45, 2.75) is 32.2 Å². The van der Waals surface area contributed by atoms with Crippen LogP contribution in [0.5, 0.6) is 0 Å². The molecule has 2 aromatic rings. The lowest BCUT2D eigenvalue weighted by Gasteiger charge is -2.17. The van der Waals surface area contributed by atoms with Crippen LogP contribution < -0.4 is 0 Å². The van der Waals surface area contributed by atoms with Crippen LogP contribution in [0.25, 0.3) is 5.65 Å². The Morgan fingerprint density at radius 2 is 1.89 bits per heavy atom. The summed E-state index contributed by atoms with van der Waals surface area (Å²) in [5.74, 6) is 0. The molecule has 3 rings (SSSR count). The van der Waals surface area contributed by atoms with Gasteiger partial charge in [-0.25, -0.2) is 4.98 Å². The van der Waals surface area contributed by atoms with Crippen LogP contribution in [0, 0.1) is 0 Å². The summed E-state index contributed by atoms with van der Waals surface area (Å²) < 4.78 is 1.95. The van der Waals surface area contributed by atoms with Crippen molar-refractivity contribution >= 4 is 17.2 Å². The molecule has 96 valence electrons. The predicted molar refractivity (Wildman–Crippen MR) is 73.9 cm³/mol. The van der Waals surface area contributed by atoms with Gasteiger partial charge in [-0.3, -0.25) is 9.30 Å². The summed E-state index contributed by atoms with van der Waals surface area (Å²) in [5, 5.41) is 0.724. The first-order valence-electron chi connectivity index (χ1n) is 6.68. The highest BCUT2D eigenvalue weighted by molar-refractivity contribution is 6.29. The van der Waals surface area contributed by atoms with Gasteiger partial charge >= 0.3 is 0 Å². The largest absolute Gasteiger partial charge is 0.297 e. The Hall–Kier alpha value is -1.06. The monoisotopic (exact) mass is 263 g/mol. The first-order valence-corrected chi connectivity index (χ1v) is 7.05. The number of aromatic nitrogens is 2. The number of halogens is 1. The first-order chi connectivity index (χ1) is 8.83. The van der Waals surface area contributed by atoms with Crippen molar-refractivity contribution in [2.24, 2.45) is 0 Å². The average molecular weight is 264 g/mol. The Kier molecular flexibility index (Phi) is 3.52. The number of nitrogens with zero attached hydrogens (tertiary/aromatic N) is 3. The minimum Gasteiger partial charge on any atom is -0.297 e. The quantitative estimate of drug-likeness (QED) is 0.775. The Bertz CT molecular complexity index is 527. The highest BCUT2D eigenvalue weighted by atomic mass is 35.5. The van der Waals surface area contributed by atoms with E-state index < -0.39 is 0 Å². The topological polar surface area (TPSA) is 20.5 Å². The molecule has 0 spiro atoms. The molecule has 4 heteroatoms. The smallest absolute Gasteiger partial charge is 0.138 e. The average Bonchev–Trinajstić information content (AvgIpc) is 2.60. The van der Waals surface area contributed by atoms with E-state index in [0.29, 0.717) is 0 Å². The van der Waals surface area contributed by atoms with Crippen LogP contribution >= 0.6 is 11.6 Å². The molecule has 2 aromatic heterocycles. The molecular weight excluding hydrogens is 246 g/mol. The van der Waals surface area contributed by atoms with Crippen LogP contribution in [0.2, 0.25) is 5.15 Å². The van der Waals surface area contributed by atoms with Crippen molar-refractivity contribution in [2.75, 3.05) is 13.1 Å². The molecule has 3 heterocycles. The van der Waals surface area contributed by atoms with Gasteiger partial charge in [-0.05, 0) is 38.1 Å². The Labute approximate surface area is 112 Å². The molecule has 0 atom stereocenters. The fraction of sp³-hybridized carbons (Fsp3) is 0.500. The second kappa shape index (κ2) is 5.29. The van der Waals surface area contributed by atoms with Gasteiger partial charge in [0, 0.05) is 12.7 Å². The molecule has 0 saturated carbocycles. The molecule has 1 saturated heterocycles. The van der Waals surface area contributed by atoms with Crippen LogP contribution in [0.15, 0.2) is 24.4 Å². The summed E-state index contributed by atoms with van der Waals surface area (Å²) in [4.78, 5) is 7.14. The Balaban J connectivity index is 1.79. The van der Waals surface area contributed by atoms with E-state index >= 15 is 0 Å². The van der Waals surface area contributed by atoms with Crippen LogP contribution in [-0.4, -0.2) is 27.4 Å². The van der Waals surface area contributed by atoms with E-state index in [1.165, 1.54) is 38.8 Å². The molecule has 0 bridgehead atoms.